The predicted molar refractivity (Wildman–Crippen MR) is 139 cm³/mol. The molecule has 4 rings (SSSR count). The number of aliphatic hydroxyl groups excluding tert-OH is 1. The minimum Gasteiger partial charge on any atom is -0.497 e. The molecular formula is C28H32FN3O4. The lowest BCUT2D eigenvalue weighted by molar-refractivity contribution is 0.102. The molecule has 36 heavy (non-hydrogen) atoms. The van der Waals surface area contributed by atoms with E-state index in [9.17, 15) is 14.3 Å². The summed E-state index contributed by atoms with van der Waals surface area (Å²) in [5.41, 5.74) is 1.71. The number of rotatable bonds is 10. The molecule has 1 aliphatic heterocycles. The van der Waals surface area contributed by atoms with Gasteiger partial charge in [-0.1, -0.05) is 18.2 Å². The Bertz CT molecular complexity index is 1130. The zero-order valence-corrected chi connectivity index (χ0v) is 20.3. The monoisotopic (exact) mass is 493 g/mol. The summed E-state index contributed by atoms with van der Waals surface area (Å²) in [6, 6.07) is 21.2. The van der Waals surface area contributed by atoms with E-state index in [0.29, 0.717) is 29.8 Å². The normalized spacial score (nSPS) is 14.8. The first-order valence-corrected chi connectivity index (χ1v) is 12.1. The number of carbonyl (C=O) groups is 1. The Morgan fingerprint density at radius 1 is 1.06 bits per heavy atom. The van der Waals surface area contributed by atoms with Gasteiger partial charge in [0, 0.05) is 43.1 Å². The molecule has 0 radical (unpaired) electrons. The number of aliphatic hydroxyl groups is 1. The van der Waals surface area contributed by atoms with Gasteiger partial charge in [-0.25, -0.2) is 4.39 Å². The number of carbonyl (C=O) groups excluding carboxylic acids is 1. The van der Waals surface area contributed by atoms with Gasteiger partial charge in [0.25, 0.3) is 5.91 Å². The molecular weight excluding hydrogens is 461 g/mol. The highest BCUT2D eigenvalue weighted by atomic mass is 19.1. The Morgan fingerprint density at radius 3 is 2.50 bits per heavy atom. The van der Waals surface area contributed by atoms with Gasteiger partial charge in [0.2, 0.25) is 0 Å². The van der Waals surface area contributed by atoms with Crippen LogP contribution in [0.3, 0.4) is 0 Å². The molecule has 1 amide bonds. The van der Waals surface area contributed by atoms with Crippen LogP contribution < -0.4 is 25.0 Å². The second-order valence-corrected chi connectivity index (χ2v) is 8.79. The molecule has 1 heterocycles. The molecule has 0 aromatic heterocycles. The van der Waals surface area contributed by atoms with Crippen LogP contribution in [0.25, 0.3) is 0 Å². The number of hydrogen-bond acceptors (Lipinski definition) is 6. The maximum absolute atomic E-state index is 13.8. The zero-order valence-electron chi connectivity index (χ0n) is 20.3. The molecule has 1 fully saturated rings. The third-order valence-corrected chi connectivity index (χ3v) is 6.23. The van der Waals surface area contributed by atoms with Crippen molar-refractivity contribution in [2.24, 2.45) is 0 Å². The maximum Gasteiger partial charge on any atom is 0.258 e. The van der Waals surface area contributed by atoms with Gasteiger partial charge in [-0.3, -0.25) is 4.79 Å². The first-order chi connectivity index (χ1) is 17.5. The van der Waals surface area contributed by atoms with Gasteiger partial charge in [-0.15, -0.1) is 0 Å². The SMILES string of the molecule is COc1cccc(OCC(O)CNC2CCN(c3ccc(NC(=O)c4ccccc4F)cc3)CC2)c1. The van der Waals surface area contributed by atoms with E-state index in [1.54, 1.807) is 25.3 Å². The standard InChI is InChI=1S/C28H32FN3O4/c1-35-24-5-4-6-25(17-24)36-19-23(33)18-30-20-13-15-32(16-14-20)22-11-9-21(10-12-22)31-28(34)26-7-2-3-8-27(26)29/h2-12,17,20,23,30,33H,13-16,18-19H2,1H3,(H,31,34). The topological polar surface area (TPSA) is 83.1 Å². The molecule has 3 aromatic carbocycles. The lowest BCUT2D eigenvalue weighted by Crippen LogP contribution is -2.45. The van der Waals surface area contributed by atoms with Crippen molar-refractivity contribution < 1.29 is 23.8 Å². The summed E-state index contributed by atoms with van der Waals surface area (Å²) in [5.74, 6) is 0.372. The summed E-state index contributed by atoms with van der Waals surface area (Å²) in [7, 11) is 1.61. The third kappa shape index (κ3) is 6.96. The van der Waals surface area contributed by atoms with Crippen LogP contribution in [0, 0.1) is 5.82 Å². The Balaban J connectivity index is 1.18. The van der Waals surface area contributed by atoms with Crippen LogP contribution in [0.5, 0.6) is 11.5 Å². The van der Waals surface area contributed by atoms with Crippen molar-refractivity contribution in [3.05, 3.63) is 84.2 Å². The molecule has 0 saturated carbocycles. The van der Waals surface area contributed by atoms with E-state index in [1.807, 2.05) is 42.5 Å². The van der Waals surface area contributed by atoms with Crippen molar-refractivity contribution in [2.45, 2.75) is 25.0 Å². The van der Waals surface area contributed by atoms with Crippen LogP contribution in [0.2, 0.25) is 0 Å². The number of anilines is 2. The van der Waals surface area contributed by atoms with Crippen LogP contribution in [-0.2, 0) is 0 Å². The zero-order chi connectivity index (χ0) is 25.3. The summed E-state index contributed by atoms with van der Waals surface area (Å²) in [5, 5.41) is 16.5. The van der Waals surface area contributed by atoms with Crippen LogP contribution in [0.4, 0.5) is 15.8 Å². The number of nitrogens with one attached hydrogen (secondary N) is 2. The van der Waals surface area contributed by atoms with E-state index in [-0.39, 0.29) is 12.2 Å². The molecule has 1 saturated heterocycles. The number of methoxy groups -OCH3 is 1. The summed E-state index contributed by atoms with van der Waals surface area (Å²) in [6.07, 6.45) is 1.30. The Hall–Kier alpha value is -3.62. The molecule has 0 spiro atoms. The molecule has 7 nitrogen and oxygen atoms in total. The van der Waals surface area contributed by atoms with Crippen molar-refractivity contribution in [2.75, 3.05) is 43.6 Å². The van der Waals surface area contributed by atoms with E-state index < -0.39 is 17.8 Å². The highest BCUT2D eigenvalue weighted by Crippen LogP contribution is 2.23. The van der Waals surface area contributed by atoms with Gasteiger partial charge in [0.15, 0.2) is 0 Å². The van der Waals surface area contributed by atoms with Gasteiger partial charge in [0.05, 0.1) is 12.7 Å². The number of amides is 1. The molecule has 0 bridgehead atoms. The minimum atomic E-state index is -0.610. The second kappa shape index (κ2) is 12.4. The van der Waals surface area contributed by atoms with Gasteiger partial charge >= 0.3 is 0 Å². The molecule has 1 unspecified atom stereocenters. The first kappa shape index (κ1) is 25.5. The molecule has 3 aromatic rings. The number of halogens is 1. The quantitative estimate of drug-likeness (QED) is 0.395. The highest BCUT2D eigenvalue weighted by Gasteiger charge is 2.20. The summed E-state index contributed by atoms with van der Waals surface area (Å²) < 4.78 is 24.7. The van der Waals surface area contributed by atoms with Crippen LogP contribution in [0.15, 0.2) is 72.8 Å². The fourth-order valence-corrected chi connectivity index (χ4v) is 4.19. The van der Waals surface area contributed by atoms with Gasteiger partial charge < -0.3 is 30.1 Å². The molecule has 1 atom stereocenters. The maximum atomic E-state index is 13.8. The Morgan fingerprint density at radius 2 is 1.78 bits per heavy atom. The lowest BCUT2D eigenvalue weighted by Gasteiger charge is -2.34. The number of nitrogens with zero attached hydrogens (tertiary/aromatic N) is 1. The predicted octanol–water partition coefficient (Wildman–Crippen LogP) is 4.08. The Labute approximate surface area is 210 Å². The minimum absolute atomic E-state index is 0.0214. The van der Waals surface area contributed by atoms with Crippen molar-refractivity contribution in [1.82, 2.24) is 5.32 Å². The Kier molecular flexibility index (Phi) is 8.76. The lowest BCUT2D eigenvalue weighted by atomic mass is 10.0. The largest absolute Gasteiger partial charge is 0.497 e. The second-order valence-electron chi connectivity index (χ2n) is 8.79. The van der Waals surface area contributed by atoms with E-state index >= 15 is 0 Å². The van der Waals surface area contributed by atoms with Gasteiger partial charge in [-0.2, -0.15) is 0 Å². The molecule has 8 heteroatoms. The van der Waals surface area contributed by atoms with Crippen molar-refractivity contribution in [1.29, 1.82) is 0 Å². The average molecular weight is 494 g/mol. The van der Waals surface area contributed by atoms with Crippen molar-refractivity contribution in [3.63, 3.8) is 0 Å². The fraction of sp³-hybridized carbons (Fsp3) is 0.321. The first-order valence-electron chi connectivity index (χ1n) is 12.1. The third-order valence-electron chi connectivity index (χ3n) is 6.23. The number of hydrogen-bond donors (Lipinski definition) is 3. The van der Waals surface area contributed by atoms with Crippen molar-refractivity contribution in [3.8, 4) is 11.5 Å². The van der Waals surface area contributed by atoms with Gasteiger partial charge in [0.1, 0.15) is 30.0 Å². The van der Waals surface area contributed by atoms with E-state index in [4.69, 9.17) is 9.47 Å². The average Bonchev–Trinajstić information content (AvgIpc) is 2.92. The van der Waals surface area contributed by atoms with Crippen molar-refractivity contribution >= 4 is 17.3 Å². The molecule has 3 N–H and O–H groups in total. The number of piperidine rings is 1. The summed E-state index contributed by atoms with van der Waals surface area (Å²) in [6.45, 7) is 2.44. The molecule has 1 aliphatic rings. The van der Waals surface area contributed by atoms with Crippen LogP contribution >= 0.6 is 0 Å². The van der Waals surface area contributed by atoms with E-state index in [2.05, 4.69) is 15.5 Å². The number of benzene rings is 3. The summed E-state index contributed by atoms with van der Waals surface area (Å²) in [4.78, 5) is 14.6. The van der Waals surface area contributed by atoms with Crippen LogP contribution in [0.1, 0.15) is 23.2 Å². The summed E-state index contributed by atoms with van der Waals surface area (Å²) >= 11 is 0. The molecule has 190 valence electrons. The van der Waals surface area contributed by atoms with E-state index in [1.165, 1.54) is 12.1 Å². The molecule has 0 aliphatic carbocycles. The highest BCUT2D eigenvalue weighted by molar-refractivity contribution is 6.04. The fourth-order valence-electron chi connectivity index (χ4n) is 4.19. The van der Waals surface area contributed by atoms with Gasteiger partial charge in [-0.05, 0) is 61.4 Å². The number of ether oxygens (including phenoxy) is 2. The smallest absolute Gasteiger partial charge is 0.258 e. The van der Waals surface area contributed by atoms with E-state index in [0.717, 1.165) is 31.6 Å². The van der Waals surface area contributed by atoms with Crippen LogP contribution in [-0.4, -0.2) is 56.5 Å².